The maximum Gasteiger partial charge on any atom is 0.264 e. The summed E-state index contributed by atoms with van der Waals surface area (Å²) in [5, 5.41) is 3.21. The Labute approximate surface area is 278 Å². The molecule has 2 amide bonds. The van der Waals surface area contributed by atoms with Gasteiger partial charge in [-0.1, -0.05) is 92.6 Å². The van der Waals surface area contributed by atoms with E-state index in [0.717, 1.165) is 53.1 Å². The van der Waals surface area contributed by atoms with E-state index >= 15 is 0 Å². The first-order valence-corrected chi connectivity index (χ1v) is 17.7. The van der Waals surface area contributed by atoms with Crippen LogP contribution in [0.3, 0.4) is 0 Å². The van der Waals surface area contributed by atoms with Crippen molar-refractivity contribution in [3.05, 3.63) is 126 Å². The van der Waals surface area contributed by atoms with Crippen molar-refractivity contribution in [2.75, 3.05) is 18.0 Å². The molecule has 1 N–H and O–H groups in total. The minimum atomic E-state index is -4.14. The highest BCUT2D eigenvalue weighted by Gasteiger charge is 2.35. The van der Waals surface area contributed by atoms with E-state index in [2.05, 4.69) is 5.32 Å². The van der Waals surface area contributed by atoms with E-state index in [-0.39, 0.29) is 29.8 Å². The average Bonchev–Trinajstić information content (AvgIpc) is 3.62. The summed E-state index contributed by atoms with van der Waals surface area (Å²) in [6, 6.07) is 31.4. The number of sulfonamides is 1. The summed E-state index contributed by atoms with van der Waals surface area (Å²) in [4.78, 5) is 30.4. The lowest BCUT2D eigenvalue weighted by molar-refractivity contribution is -0.140. The third kappa shape index (κ3) is 8.60. The highest BCUT2D eigenvalue weighted by molar-refractivity contribution is 7.92. The number of rotatable bonds is 14. The van der Waals surface area contributed by atoms with Crippen molar-refractivity contribution >= 4 is 27.5 Å². The first-order chi connectivity index (χ1) is 22.8. The molecular weight excluding hydrogens is 611 g/mol. The minimum Gasteiger partial charge on any atom is -0.497 e. The van der Waals surface area contributed by atoms with Crippen LogP contribution in [0.1, 0.15) is 49.3 Å². The van der Waals surface area contributed by atoms with Gasteiger partial charge < -0.3 is 15.0 Å². The Morgan fingerprint density at radius 3 is 2.11 bits per heavy atom. The van der Waals surface area contributed by atoms with Crippen molar-refractivity contribution in [2.45, 2.75) is 69.0 Å². The Bertz CT molecular complexity index is 1720. The average molecular weight is 654 g/mol. The maximum atomic E-state index is 14.7. The molecule has 1 saturated carbocycles. The number of anilines is 1. The second kappa shape index (κ2) is 15.8. The van der Waals surface area contributed by atoms with E-state index < -0.39 is 28.5 Å². The van der Waals surface area contributed by atoms with Gasteiger partial charge in [0, 0.05) is 19.0 Å². The molecule has 5 rings (SSSR count). The fourth-order valence-corrected chi connectivity index (χ4v) is 7.47. The van der Waals surface area contributed by atoms with E-state index in [0.29, 0.717) is 11.4 Å². The summed E-state index contributed by atoms with van der Waals surface area (Å²) in [5.41, 5.74) is 3.07. The van der Waals surface area contributed by atoms with E-state index in [9.17, 15) is 18.0 Å². The van der Waals surface area contributed by atoms with Crippen LogP contribution in [0.5, 0.6) is 5.75 Å². The van der Waals surface area contributed by atoms with Crippen LogP contribution in [0.2, 0.25) is 0 Å². The summed E-state index contributed by atoms with van der Waals surface area (Å²) in [5.74, 6) is -0.120. The molecule has 4 aromatic carbocycles. The lowest BCUT2D eigenvalue weighted by Crippen LogP contribution is -2.54. The Kier molecular flexibility index (Phi) is 11.3. The van der Waals surface area contributed by atoms with Gasteiger partial charge in [-0.15, -0.1) is 0 Å². The Morgan fingerprint density at radius 2 is 1.47 bits per heavy atom. The summed E-state index contributed by atoms with van der Waals surface area (Å²) >= 11 is 0. The van der Waals surface area contributed by atoms with Gasteiger partial charge in [-0.05, 0) is 72.4 Å². The number of aryl methyl sites for hydroxylation is 1. The van der Waals surface area contributed by atoms with Crippen molar-refractivity contribution in [3.63, 3.8) is 0 Å². The summed E-state index contributed by atoms with van der Waals surface area (Å²) in [6.07, 6.45) is 4.94. The van der Waals surface area contributed by atoms with Crippen LogP contribution in [-0.4, -0.2) is 50.9 Å². The van der Waals surface area contributed by atoms with Crippen LogP contribution in [0.15, 0.2) is 114 Å². The molecule has 4 aromatic rings. The van der Waals surface area contributed by atoms with Crippen LogP contribution < -0.4 is 14.4 Å². The third-order valence-corrected chi connectivity index (χ3v) is 10.5. The minimum absolute atomic E-state index is 0.0431. The molecule has 0 saturated heterocycles. The topological polar surface area (TPSA) is 96.0 Å². The zero-order valence-electron chi connectivity index (χ0n) is 27.0. The van der Waals surface area contributed by atoms with Crippen molar-refractivity contribution in [2.24, 2.45) is 0 Å². The fourth-order valence-electron chi connectivity index (χ4n) is 6.04. The lowest BCUT2D eigenvalue weighted by atomic mass is 10.0. The molecule has 0 spiro atoms. The maximum absolute atomic E-state index is 14.7. The highest BCUT2D eigenvalue weighted by atomic mass is 32.2. The van der Waals surface area contributed by atoms with E-state index in [4.69, 9.17) is 4.74 Å². The predicted octanol–water partition coefficient (Wildman–Crippen LogP) is 6.15. The van der Waals surface area contributed by atoms with Crippen molar-refractivity contribution < 1.29 is 22.7 Å². The van der Waals surface area contributed by atoms with Crippen LogP contribution in [0, 0.1) is 0 Å². The van der Waals surface area contributed by atoms with E-state index in [1.807, 2.05) is 73.7 Å². The smallest absolute Gasteiger partial charge is 0.264 e. The second-order valence-corrected chi connectivity index (χ2v) is 13.8. The van der Waals surface area contributed by atoms with Crippen LogP contribution in [0.4, 0.5) is 5.69 Å². The first-order valence-electron chi connectivity index (χ1n) is 16.2. The van der Waals surface area contributed by atoms with Crippen LogP contribution in [-0.2, 0) is 39.0 Å². The number of nitrogens with zero attached hydrogens (tertiary/aromatic N) is 2. The van der Waals surface area contributed by atoms with E-state index in [1.54, 1.807) is 37.4 Å². The number of benzene rings is 4. The molecule has 9 heteroatoms. The van der Waals surface area contributed by atoms with Gasteiger partial charge >= 0.3 is 0 Å². The van der Waals surface area contributed by atoms with Gasteiger partial charge in [-0.25, -0.2) is 8.42 Å². The number of carbonyl (C=O) groups is 2. The fraction of sp³-hybridized carbons (Fsp3) is 0.316. The number of methoxy groups -OCH3 is 1. The Morgan fingerprint density at radius 1 is 0.830 bits per heavy atom. The molecule has 0 heterocycles. The Balaban J connectivity index is 1.57. The van der Waals surface area contributed by atoms with Crippen molar-refractivity contribution in [1.82, 2.24) is 10.2 Å². The quantitative estimate of drug-likeness (QED) is 0.176. The van der Waals surface area contributed by atoms with Gasteiger partial charge in [-0.2, -0.15) is 0 Å². The molecule has 246 valence electrons. The van der Waals surface area contributed by atoms with Gasteiger partial charge in [0.1, 0.15) is 18.3 Å². The molecule has 47 heavy (non-hydrogen) atoms. The van der Waals surface area contributed by atoms with Gasteiger partial charge in [0.25, 0.3) is 10.0 Å². The number of nitrogens with one attached hydrogen (secondary N) is 1. The Hall–Kier alpha value is -4.63. The van der Waals surface area contributed by atoms with Crippen LogP contribution in [0.25, 0.3) is 0 Å². The molecule has 0 bridgehead atoms. The standard InChI is InChI=1S/C38H43N3O5S/c1-3-29-21-23-33(24-22-29)41(47(44,45)35-19-8-5-9-20-35)28-37(42)40(27-31-15-12-18-34(25-31)46-2)36(26-30-13-6-4-7-14-30)38(43)39-32-16-10-11-17-32/h4-9,12-15,18-25,32,36H,3,10-11,16-17,26-28H2,1-2H3,(H,39,43). The molecule has 1 aliphatic rings. The first kappa shape index (κ1) is 33.7. The van der Waals surface area contributed by atoms with Crippen LogP contribution >= 0.6 is 0 Å². The number of carbonyl (C=O) groups excluding carboxylic acids is 2. The summed E-state index contributed by atoms with van der Waals surface area (Å²) in [7, 11) is -2.57. The molecule has 0 aliphatic heterocycles. The number of hydrogen-bond donors (Lipinski definition) is 1. The third-order valence-electron chi connectivity index (χ3n) is 8.70. The highest BCUT2D eigenvalue weighted by Crippen LogP contribution is 2.26. The van der Waals surface area contributed by atoms with E-state index in [1.165, 1.54) is 17.0 Å². The van der Waals surface area contributed by atoms with Gasteiger partial charge in [0.05, 0.1) is 17.7 Å². The van der Waals surface area contributed by atoms with Gasteiger partial charge in [0.15, 0.2) is 0 Å². The van der Waals surface area contributed by atoms with Crippen molar-refractivity contribution in [1.29, 1.82) is 0 Å². The summed E-state index contributed by atoms with van der Waals surface area (Å²) < 4.78 is 34.9. The number of hydrogen-bond acceptors (Lipinski definition) is 5. The molecule has 1 unspecified atom stereocenters. The van der Waals surface area contributed by atoms with Crippen molar-refractivity contribution in [3.8, 4) is 5.75 Å². The summed E-state index contributed by atoms with van der Waals surface area (Å²) in [6.45, 7) is 1.62. The molecule has 0 aromatic heterocycles. The normalized spacial score (nSPS) is 13.9. The monoisotopic (exact) mass is 653 g/mol. The number of ether oxygens (including phenoxy) is 1. The second-order valence-electron chi connectivity index (χ2n) is 11.9. The lowest BCUT2D eigenvalue weighted by Gasteiger charge is -2.34. The molecular formula is C38H43N3O5S. The molecule has 1 atom stereocenters. The predicted molar refractivity (Wildman–Crippen MR) is 185 cm³/mol. The zero-order valence-corrected chi connectivity index (χ0v) is 27.9. The molecule has 1 aliphatic carbocycles. The van der Waals surface area contributed by atoms with Gasteiger partial charge in [-0.3, -0.25) is 13.9 Å². The number of amides is 2. The SMILES string of the molecule is CCc1ccc(N(CC(=O)N(Cc2cccc(OC)c2)C(Cc2ccccc2)C(=O)NC2CCCC2)S(=O)(=O)c2ccccc2)cc1. The molecule has 0 radical (unpaired) electrons. The van der Waals surface area contributed by atoms with Gasteiger partial charge in [0.2, 0.25) is 11.8 Å². The molecule has 1 fully saturated rings. The zero-order chi connectivity index (χ0) is 33.2. The largest absolute Gasteiger partial charge is 0.497 e. The molecule has 8 nitrogen and oxygen atoms in total.